The van der Waals surface area contributed by atoms with E-state index >= 15 is 0 Å². The molecule has 2 fully saturated rings. The number of hydrogen-bond acceptors (Lipinski definition) is 3. The Labute approximate surface area is 119 Å². The molecule has 0 bridgehead atoms. The summed E-state index contributed by atoms with van der Waals surface area (Å²) >= 11 is 0. The maximum atomic E-state index is 12.2. The van der Waals surface area contributed by atoms with Gasteiger partial charge < -0.3 is 10.4 Å². The van der Waals surface area contributed by atoms with E-state index in [1.165, 1.54) is 12.8 Å². The molecule has 1 aromatic rings. The number of nitrogens with zero attached hydrogens (tertiary/aromatic N) is 2. The Hall–Kier alpha value is -1.36. The van der Waals surface area contributed by atoms with Crippen LogP contribution in [0.4, 0.5) is 0 Å². The second kappa shape index (κ2) is 5.95. The molecule has 5 nitrogen and oxygen atoms in total. The summed E-state index contributed by atoms with van der Waals surface area (Å²) in [6.45, 7) is 0. The van der Waals surface area contributed by atoms with Crippen LogP contribution in [0.3, 0.4) is 0 Å². The van der Waals surface area contributed by atoms with Crippen LogP contribution in [0.1, 0.15) is 67.9 Å². The molecule has 2 aliphatic rings. The summed E-state index contributed by atoms with van der Waals surface area (Å²) in [5.41, 5.74) is 0.467. The van der Waals surface area contributed by atoms with Gasteiger partial charge >= 0.3 is 0 Å². The lowest BCUT2D eigenvalue weighted by molar-refractivity contribution is 0.0713. The number of aromatic nitrogens is 2. The van der Waals surface area contributed by atoms with Crippen molar-refractivity contribution in [2.75, 3.05) is 0 Å². The van der Waals surface area contributed by atoms with Crippen molar-refractivity contribution in [3.63, 3.8) is 0 Å². The SMILES string of the molecule is O=C(NC1CCCCC1O)c1ccn(C2CCCC2)n1. The molecule has 3 rings (SSSR count). The van der Waals surface area contributed by atoms with Gasteiger partial charge in [0.05, 0.1) is 18.2 Å². The molecule has 2 saturated carbocycles. The number of amides is 1. The van der Waals surface area contributed by atoms with Gasteiger partial charge in [0.15, 0.2) is 0 Å². The Morgan fingerprint density at radius 2 is 1.90 bits per heavy atom. The van der Waals surface area contributed by atoms with Crippen LogP contribution in [0.5, 0.6) is 0 Å². The van der Waals surface area contributed by atoms with Crippen molar-refractivity contribution in [1.29, 1.82) is 0 Å². The minimum atomic E-state index is -0.412. The number of hydrogen-bond donors (Lipinski definition) is 2. The fourth-order valence-corrected chi connectivity index (χ4v) is 3.35. The van der Waals surface area contributed by atoms with Gasteiger partial charge in [0.25, 0.3) is 5.91 Å². The number of aliphatic hydroxyl groups is 1. The predicted octanol–water partition coefficient (Wildman–Crippen LogP) is 2.03. The van der Waals surface area contributed by atoms with E-state index in [1.54, 1.807) is 6.07 Å². The van der Waals surface area contributed by atoms with Gasteiger partial charge in [-0.3, -0.25) is 9.48 Å². The van der Waals surface area contributed by atoms with Crippen LogP contribution >= 0.6 is 0 Å². The average molecular weight is 277 g/mol. The Bertz CT molecular complexity index is 465. The standard InChI is InChI=1S/C15H23N3O2/c19-14-8-4-3-7-12(14)16-15(20)13-9-10-18(17-13)11-5-1-2-6-11/h9-12,14,19H,1-8H2,(H,16,20). The van der Waals surface area contributed by atoms with Gasteiger partial charge in [0, 0.05) is 6.20 Å². The summed E-state index contributed by atoms with van der Waals surface area (Å²) < 4.78 is 1.93. The molecule has 0 radical (unpaired) electrons. The van der Waals surface area contributed by atoms with Crippen LogP contribution in [0.2, 0.25) is 0 Å². The van der Waals surface area contributed by atoms with Gasteiger partial charge in [-0.25, -0.2) is 0 Å². The molecule has 2 unspecified atom stereocenters. The number of nitrogens with one attached hydrogen (secondary N) is 1. The van der Waals surface area contributed by atoms with Crippen molar-refractivity contribution in [3.8, 4) is 0 Å². The lowest BCUT2D eigenvalue weighted by Gasteiger charge is -2.27. The third-order valence-electron chi connectivity index (χ3n) is 4.59. The monoisotopic (exact) mass is 277 g/mol. The van der Waals surface area contributed by atoms with Gasteiger partial charge in [-0.2, -0.15) is 5.10 Å². The van der Waals surface area contributed by atoms with Crippen LogP contribution in [0, 0.1) is 0 Å². The summed E-state index contributed by atoms with van der Waals surface area (Å²) in [6.07, 6.45) is 10.1. The molecule has 5 heteroatoms. The highest BCUT2D eigenvalue weighted by molar-refractivity contribution is 5.92. The summed E-state index contributed by atoms with van der Waals surface area (Å²) in [5.74, 6) is -0.160. The molecule has 2 aliphatic carbocycles. The van der Waals surface area contributed by atoms with E-state index in [0.717, 1.165) is 38.5 Å². The Morgan fingerprint density at radius 1 is 1.20 bits per heavy atom. The third-order valence-corrected chi connectivity index (χ3v) is 4.59. The number of aliphatic hydroxyl groups excluding tert-OH is 1. The van der Waals surface area contributed by atoms with Crippen LogP contribution in [0.25, 0.3) is 0 Å². The van der Waals surface area contributed by atoms with Crippen LogP contribution in [0.15, 0.2) is 12.3 Å². The first-order valence-electron chi connectivity index (χ1n) is 7.78. The lowest BCUT2D eigenvalue weighted by atomic mass is 9.92. The van der Waals surface area contributed by atoms with Gasteiger partial charge in [-0.05, 0) is 31.7 Å². The van der Waals surface area contributed by atoms with Crippen molar-refractivity contribution < 1.29 is 9.90 Å². The average Bonchev–Trinajstić information content (AvgIpc) is 3.11. The van der Waals surface area contributed by atoms with Crippen LogP contribution < -0.4 is 5.32 Å². The molecule has 110 valence electrons. The molecule has 0 saturated heterocycles. The highest BCUT2D eigenvalue weighted by Gasteiger charge is 2.26. The summed E-state index contributed by atoms with van der Waals surface area (Å²) in [7, 11) is 0. The first-order chi connectivity index (χ1) is 9.74. The fraction of sp³-hybridized carbons (Fsp3) is 0.733. The molecule has 1 amide bonds. The van der Waals surface area contributed by atoms with Gasteiger partial charge in [0.2, 0.25) is 0 Å². The first-order valence-corrected chi connectivity index (χ1v) is 7.78. The number of carbonyl (C=O) groups is 1. The molecular weight excluding hydrogens is 254 g/mol. The van der Waals surface area contributed by atoms with E-state index in [4.69, 9.17) is 0 Å². The number of rotatable bonds is 3. The van der Waals surface area contributed by atoms with Crippen molar-refractivity contribution in [3.05, 3.63) is 18.0 Å². The fourth-order valence-electron chi connectivity index (χ4n) is 3.35. The minimum Gasteiger partial charge on any atom is -0.391 e. The molecule has 1 aromatic heterocycles. The predicted molar refractivity (Wildman–Crippen MR) is 75.5 cm³/mol. The quantitative estimate of drug-likeness (QED) is 0.888. The van der Waals surface area contributed by atoms with Crippen molar-refractivity contribution in [2.24, 2.45) is 0 Å². The molecule has 2 N–H and O–H groups in total. The van der Waals surface area contributed by atoms with Gasteiger partial charge in [-0.1, -0.05) is 25.7 Å². The van der Waals surface area contributed by atoms with E-state index in [0.29, 0.717) is 11.7 Å². The highest BCUT2D eigenvalue weighted by Crippen LogP contribution is 2.28. The first kappa shape index (κ1) is 13.6. The van der Waals surface area contributed by atoms with E-state index in [2.05, 4.69) is 10.4 Å². The molecule has 2 atom stereocenters. The van der Waals surface area contributed by atoms with Crippen LogP contribution in [-0.2, 0) is 0 Å². The molecule has 0 aromatic carbocycles. The second-order valence-corrected chi connectivity index (χ2v) is 6.05. The topological polar surface area (TPSA) is 67.2 Å². The summed E-state index contributed by atoms with van der Waals surface area (Å²) in [4.78, 5) is 12.2. The largest absolute Gasteiger partial charge is 0.391 e. The van der Waals surface area contributed by atoms with Crippen molar-refractivity contribution in [2.45, 2.75) is 69.6 Å². The van der Waals surface area contributed by atoms with E-state index in [9.17, 15) is 9.90 Å². The molecule has 1 heterocycles. The minimum absolute atomic E-state index is 0.118. The molecule has 20 heavy (non-hydrogen) atoms. The zero-order chi connectivity index (χ0) is 13.9. The number of carbonyl (C=O) groups excluding carboxylic acids is 1. The Kier molecular flexibility index (Phi) is 4.05. The highest BCUT2D eigenvalue weighted by atomic mass is 16.3. The van der Waals surface area contributed by atoms with Crippen LogP contribution in [-0.4, -0.2) is 32.9 Å². The normalized spacial score (nSPS) is 27.6. The smallest absolute Gasteiger partial charge is 0.272 e. The maximum absolute atomic E-state index is 12.2. The Morgan fingerprint density at radius 3 is 2.65 bits per heavy atom. The third kappa shape index (κ3) is 2.87. The zero-order valence-electron chi connectivity index (χ0n) is 11.8. The summed E-state index contributed by atoms with van der Waals surface area (Å²) in [6, 6.07) is 2.12. The van der Waals surface area contributed by atoms with Crippen molar-refractivity contribution >= 4 is 5.91 Å². The lowest BCUT2D eigenvalue weighted by Crippen LogP contribution is -2.45. The molecular formula is C15H23N3O2. The van der Waals surface area contributed by atoms with Gasteiger partial charge in [0.1, 0.15) is 5.69 Å². The van der Waals surface area contributed by atoms with E-state index < -0.39 is 6.10 Å². The zero-order valence-corrected chi connectivity index (χ0v) is 11.8. The Balaban J connectivity index is 1.62. The summed E-state index contributed by atoms with van der Waals surface area (Å²) in [5, 5.41) is 17.2. The van der Waals surface area contributed by atoms with Gasteiger partial charge in [-0.15, -0.1) is 0 Å². The maximum Gasteiger partial charge on any atom is 0.272 e. The van der Waals surface area contributed by atoms with Crippen molar-refractivity contribution in [1.82, 2.24) is 15.1 Å². The molecule has 0 spiro atoms. The van der Waals surface area contributed by atoms with E-state index in [1.807, 2.05) is 10.9 Å². The molecule has 0 aliphatic heterocycles. The van der Waals surface area contributed by atoms with E-state index in [-0.39, 0.29) is 11.9 Å². The second-order valence-electron chi connectivity index (χ2n) is 6.05.